The van der Waals surface area contributed by atoms with Gasteiger partial charge in [0.2, 0.25) is 10.0 Å². The van der Waals surface area contributed by atoms with Gasteiger partial charge in [-0.3, -0.25) is 0 Å². The summed E-state index contributed by atoms with van der Waals surface area (Å²) < 4.78 is 27.9. The highest BCUT2D eigenvalue weighted by Crippen LogP contribution is 2.36. The standard InChI is InChI=1S/C14H23BrN2O2S2/c1-3-7-16-9-12-8-13(14(15)20-12)21(18,19)17(4-2)10-11-5-6-11/h8,11,16H,3-7,9-10H2,1-2H3. The van der Waals surface area contributed by atoms with Crippen LogP contribution < -0.4 is 5.32 Å². The molecule has 0 spiro atoms. The molecule has 2 rings (SSSR count). The number of hydrogen-bond donors (Lipinski definition) is 1. The fraction of sp³-hybridized carbons (Fsp3) is 0.714. The monoisotopic (exact) mass is 394 g/mol. The third kappa shape index (κ3) is 4.51. The summed E-state index contributed by atoms with van der Waals surface area (Å²) in [6.45, 7) is 6.88. The number of hydrogen-bond acceptors (Lipinski definition) is 4. The smallest absolute Gasteiger partial charge is 0.245 e. The first-order valence-corrected chi connectivity index (χ1v) is 10.5. The molecule has 1 aromatic heterocycles. The SMILES string of the molecule is CCCNCc1cc(S(=O)(=O)N(CC)CC2CC2)c(Br)s1. The van der Waals surface area contributed by atoms with E-state index in [1.165, 1.54) is 11.3 Å². The van der Waals surface area contributed by atoms with Gasteiger partial charge in [0, 0.05) is 24.5 Å². The summed E-state index contributed by atoms with van der Waals surface area (Å²) in [6, 6.07) is 1.81. The van der Waals surface area contributed by atoms with E-state index in [1.54, 1.807) is 4.31 Å². The van der Waals surface area contributed by atoms with Crippen LogP contribution >= 0.6 is 27.3 Å². The van der Waals surface area contributed by atoms with Crippen molar-refractivity contribution in [1.82, 2.24) is 9.62 Å². The van der Waals surface area contributed by atoms with Crippen LogP contribution in [0, 0.1) is 5.92 Å². The molecule has 0 aliphatic heterocycles. The fourth-order valence-electron chi connectivity index (χ4n) is 2.17. The molecule has 1 aromatic rings. The minimum absolute atomic E-state index is 0.420. The van der Waals surface area contributed by atoms with Gasteiger partial charge in [-0.2, -0.15) is 4.31 Å². The normalized spacial score (nSPS) is 15.8. The average Bonchev–Trinajstić information content (AvgIpc) is 3.18. The molecule has 0 unspecified atom stereocenters. The highest BCUT2D eigenvalue weighted by atomic mass is 79.9. The molecule has 120 valence electrons. The Balaban J connectivity index is 2.14. The Hall–Kier alpha value is 0.0500. The molecule has 1 aliphatic rings. The van der Waals surface area contributed by atoms with Gasteiger partial charge in [0.25, 0.3) is 0 Å². The third-order valence-corrected chi connectivity index (χ3v) is 7.75. The van der Waals surface area contributed by atoms with Crippen molar-refractivity contribution in [2.24, 2.45) is 5.92 Å². The van der Waals surface area contributed by atoms with E-state index in [0.717, 1.165) is 37.2 Å². The van der Waals surface area contributed by atoms with Crippen molar-refractivity contribution < 1.29 is 8.42 Å². The highest BCUT2D eigenvalue weighted by molar-refractivity contribution is 9.11. The van der Waals surface area contributed by atoms with E-state index in [0.29, 0.717) is 27.7 Å². The van der Waals surface area contributed by atoms with Crippen molar-refractivity contribution in [3.8, 4) is 0 Å². The Labute approximate surface area is 140 Å². The molecule has 0 amide bonds. The molecule has 1 N–H and O–H groups in total. The van der Waals surface area contributed by atoms with Gasteiger partial charge in [0.15, 0.2) is 0 Å². The summed E-state index contributed by atoms with van der Waals surface area (Å²) in [7, 11) is -3.38. The van der Waals surface area contributed by atoms with Crippen LogP contribution in [0.4, 0.5) is 0 Å². The Morgan fingerprint density at radius 2 is 2.14 bits per heavy atom. The van der Waals surface area contributed by atoms with E-state index < -0.39 is 10.0 Å². The zero-order valence-corrected chi connectivity index (χ0v) is 15.8. The van der Waals surface area contributed by atoms with Gasteiger partial charge < -0.3 is 5.32 Å². The molecule has 0 saturated heterocycles. The lowest BCUT2D eigenvalue weighted by atomic mass is 10.4. The first kappa shape index (κ1) is 17.4. The van der Waals surface area contributed by atoms with Crippen LogP contribution in [-0.4, -0.2) is 32.4 Å². The van der Waals surface area contributed by atoms with Gasteiger partial charge in [-0.1, -0.05) is 13.8 Å². The second-order valence-corrected chi connectivity index (χ2v) is 9.79. The lowest BCUT2D eigenvalue weighted by molar-refractivity contribution is 0.412. The van der Waals surface area contributed by atoms with Crippen molar-refractivity contribution in [3.63, 3.8) is 0 Å². The summed E-state index contributed by atoms with van der Waals surface area (Å²) in [4.78, 5) is 1.47. The van der Waals surface area contributed by atoms with Crippen LogP contribution in [0.3, 0.4) is 0 Å². The highest BCUT2D eigenvalue weighted by Gasteiger charge is 2.32. The summed E-state index contributed by atoms with van der Waals surface area (Å²) in [5.74, 6) is 0.558. The first-order valence-electron chi connectivity index (χ1n) is 7.48. The quantitative estimate of drug-likeness (QED) is 0.652. The molecule has 7 heteroatoms. The maximum Gasteiger partial charge on any atom is 0.245 e. The Bertz CT molecular complexity index is 568. The summed E-state index contributed by atoms with van der Waals surface area (Å²) in [6.07, 6.45) is 3.38. The molecule has 1 saturated carbocycles. The van der Waals surface area contributed by atoms with Gasteiger partial charge in [-0.05, 0) is 53.7 Å². The second-order valence-electron chi connectivity index (χ2n) is 5.43. The number of halogens is 1. The van der Waals surface area contributed by atoms with Crippen LogP contribution in [-0.2, 0) is 16.6 Å². The predicted octanol–water partition coefficient (Wildman–Crippen LogP) is 3.43. The Kier molecular flexibility index (Phi) is 6.25. The van der Waals surface area contributed by atoms with Crippen molar-refractivity contribution in [2.75, 3.05) is 19.6 Å². The molecule has 1 aliphatic carbocycles. The lowest BCUT2D eigenvalue weighted by Gasteiger charge is -2.19. The molecule has 1 heterocycles. The first-order chi connectivity index (χ1) is 9.98. The van der Waals surface area contributed by atoms with Gasteiger partial charge >= 0.3 is 0 Å². The lowest BCUT2D eigenvalue weighted by Crippen LogP contribution is -2.32. The second kappa shape index (κ2) is 7.55. The molecule has 0 aromatic carbocycles. The maximum absolute atomic E-state index is 12.8. The fourth-order valence-corrected chi connectivity index (χ4v) is 6.30. The predicted molar refractivity (Wildman–Crippen MR) is 91.2 cm³/mol. The molecule has 4 nitrogen and oxygen atoms in total. The van der Waals surface area contributed by atoms with E-state index in [1.807, 2.05) is 13.0 Å². The number of sulfonamides is 1. The van der Waals surface area contributed by atoms with Crippen LogP contribution in [0.25, 0.3) is 0 Å². The van der Waals surface area contributed by atoms with Crippen molar-refractivity contribution in [1.29, 1.82) is 0 Å². The molecule has 21 heavy (non-hydrogen) atoms. The summed E-state index contributed by atoms with van der Waals surface area (Å²) in [5, 5.41) is 3.31. The van der Waals surface area contributed by atoms with Gasteiger partial charge in [0.05, 0.1) is 3.79 Å². The van der Waals surface area contributed by atoms with E-state index in [2.05, 4.69) is 28.2 Å². The number of nitrogens with one attached hydrogen (secondary N) is 1. The minimum Gasteiger partial charge on any atom is -0.312 e. The van der Waals surface area contributed by atoms with Gasteiger partial charge in [0.1, 0.15) is 4.90 Å². The Morgan fingerprint density at radius 3 is 2.71 bits per heavy atom. The number of thiophene rings is 1. The Morgan fingerprint density at radius 1 is 1.43 bits per heavy atom. The molecular weight excluding hydrogens is 372 g/mol. The van der Waals surface area contributed by atoms with Crippen LogP contribution in [0.2, 0.25) is 0 Å². The van der Waals surface area contributed by atoms with Crippen LogP contribution in [0.5, 0.6) is 0 Å². The molecular formula is C14H23BrN2O2S2. The molecule has 0 radical (unpaired) electrons. The van der Waals surface area contributed by atoms with E-state index >= 15 is 0 Å². The van der Waals surface area contributed by atoms with Crippen molar-refractivity contribution >= 4 is 37.3 Å². The summed E-state index contributed by atoms with van der Waals surface area (Å²) in [5.41, 5.74) is 0. The third-order valence-electron chi connectivity index (χ3n) is 3.56. The van der Waals surface area contributed by atoms with Crippen molar-refractivity contribution in [2.45, 2.75) is 44.6 Å². The minimum atomic E-state index is -3.38. The largest absolute Gasteiger partial charge is 0.312 e. The van der Waals surface area contributed by atoms with E-state index in [4.69, 9.17) is 0 Å². The van der Waals surface area contributed by atoms with Crippen molar-refractivity contribution in [3.05, 3.63) is 14.7 Å². The molecule has 0 bridgehead atoms. The number of rotatable bonds is 9. The number of nitrogens with zero attached hydrogens (tertiary/aromatic N) is 1. The van der Waals surface area contributed by atoms with E-state index in [-0.39, 0.29) is 0 Å². The topological polar surface area (TPSA) is 49.4 Å². The summed E-state index contributed by atoms with van der Waals surface area (Å²) >= 11 is 4.93. The van der Waals surface area contributed by atoms with Gasteiger partial charge in [-0.15, -0.1) is 11.3 Å². The zero-order valence-electron chi connectivity index (χ0n) is 12.6. The molecule has 1 fully saturated rings. The zero-order chi connectivity index (χ0) is 15.5. The van der Waals surface area contributed by atoms with Crippen LogP contribution in [0.1, 0.15) is 38.0 Å². The molecule has 0 atom stereocenters. The van der Waals surface area contributed by atoms with E-state index in [9.17, 15) is 8.42 Å². The van der Waals surface area contributed by atoms with Crippen LogP contribution in [0.15, 0.2) is 14.7 Å². The maximum atomic E-state index is 12.8. The van der Waals surface area contributed by atoms with Gasteiger partial charge in [-0.25, -0.2) is 8.42 Å². The average molecular weight is 395 g/mol.